The highest BCUT2D eigenvalue weighted by atomic mass is 127. The first-order valence-corrected chi connectivity index (χ1v) is 7.19. The number of aliphatic imine (C=N–C) groups is 1. The fourth-order valence-corrected chi connectivity index (χ4v) is 2.52. The Hall–Kier alpha value is -0.840. The summed E-state index contributed by atoms with van der Waals surface area (Å²) in [5.74, 6) is 2.17. The number of methoxy groups -OCH3 is 1. The lowest BCUT2D eigenvalue weighted by Crippen LogP contribution is -2.52. The number of hydrogen-bond donors (Lipinski definition) is 1. The van der Waals surface area contributed by atoms with E-state index in [1.807, 2.05) is 7.05 Å². The van der Waals surface area contributed by atoms with Crippen molar-refractivity contribution in [3.8, 4) is 5.88 Å². The number of aromatic nitrogens is 2. The lowest BCUT2D eigenvalue weighted by Gasteiger charge is -2.36. The molecule has 2 heterocycles. The molecule has 0 saturated carbocycles. The number of halogens is 2. The fraction of sp³-hybridized carbons (Fsp3) is 0.583. The molecule has 2 rings (SSSR count). The van der Waals surface area contributed by atoms with Gasteiger partial charge in [0.2, 0.25) is 11.8 Å². The quantitative estimate of drug-likeness (QED) is 0.398. The molecule has 1 aliphatic heterocycles. The van der Waals surface area contributed by atoms with E-state index < -0.39 is 0 Å². The van der Waals surface area contributed by atoms with Gasteiger partial charge in [0.05, 0.1) is 17.8 Å². The monoisotopic (exact) mass is 470 g/mol. The van der Waals surface area contributed by atoms with Crippen molar-refractivity contribution in [2.75, 3.05) is 52.3 Å². The molecule has 118 valence electrons. The second-order valence-corrected chi connectivity index (χ2v) is 5.15. The molecule has 0 amide bonds. The standard InChI is InChI=1S/C12H19BrN6O.HI/c1-14-11(15-2)18-4-6-19(7-5-18)12-16-8-9(13)10(17-12)20-3;/h8H,4-7H2,1-3H3,(H,14,15);1H. The maximum atomic E-state index is 5.21. The molecule has 1 aromatic heterocycles. The van der Waals surface area contributed by atoms with E-state index in [4.69, 9.17) is 4.74 Å². The predicted molar refractivity (Wildman–Crippen MR) is 97.9 cm³/mol. The van der Waals surface area contributed by atoms with Gasteiger partial charge in [-0.25, -0.2) is 4.98 Å². The summed E-state index contributed by atoms with van der Waals surface area (Å²) in [6.45, 7) is 3.47. The highest BCUT2D eigenvalue weighted by Gasteiger charge is 2.21. The van der Waals surface area contributed by atoms with Crippen LogP contribution in [0.5, 0.6) is 5.88 Å². The van der Waals surface area contributed by atoms with Crippen LogP contribution in [0.15, 0.2) is 15.7 Å². The largest absolute Gasteiger partial charge is 0.480 e. The Morgan fingerprint density at radius 3 is 2.57 bits per heavy atom. The summed E-state index contributed by atoms with van der Waals surface area (Å²) in [7, 11) is 5.28. The minimum atomic E-state index is 0. The molecule has 1 fully saturated rings. The van der Waals surface area contributed by atoms with E-state index in [-0.39, 0.29) is 24.0 Å². The summed E-state index contributed by atoms with van der Waals surface area (Å²) >= 11 is 3.36. The molecule has 0 spiro atoms. The first kappa shape index (κ1) is 18.2. The number of rotatable bonds is 2. The van der Waals surface area contributed by atoms with E-state index in [2.05, 4.69) is 46.0 Å². The molecule has 0 aromatic carbocycles. The predicted octanol–water partition coefficient (Wildman–Crippen LogP) is 1.19. The summed E-state index contributed by atoms with van der Waals surface area (Å²) < 4.78 is 5.97. The first-order valence-electron chi connectivity index (χ1n) is 6.40. The van der Waals surface area contributed by atoms with E-state index in [1.54, 1.807) is 20.4 Å². The molecular weight excluding hydrogens is 451 g/mol. The van der Waals surface area contributed by atoms with Crippen molar-refractivity contribution < 1.29 is 4.74 Å². The van der Waals surface area contributed by atoms with Crippen LogP contribution in [-0.2, 0) is 0 Å². The number of nitrogens with zero attached hydrogens (tertiary/aromatic N) is 5. The zero-order valence-corrected chi connectivity index (χ0v) is 16.3. The van der Waals surface area contributed by atoms with Gasteiger partial charge in [-0.2, -0.15) is 4.98 Å². The molecule has 0 bridgehead atoms. The molecule has 7 nitrogen and oxygen atoms in total. The third kappa shape index (κ3) is 4.31. The van der Waals surface area contributed by atoms with Crippen LogP contribution in [0.1, 0.15) is 0 Å². The Bertz CT molecular complexity index is 493. The molecule has 1 N–H and O–H groups in total. The van der Waals surface area contributed by atoms with E-state index in [1.165, 1.54) is 0 Å². The van der Waals surface area contributed by atoms with Gasteiger partial charge >= 0.3 is 0 Å². The van der Waals surface area contributed by atoms with E-state index >= 15 is 0 Å². The molecule has 0 atom stereocenters. The van der Waals surface area contributed by atoms with E-state index in [0.717, 1.165) is 36.6 Å². The van der Waals surface area contributed by atoms with Crippen LogP contribution in [0.3, 0.4) is 0 Å². The number of nitrogens with one attached hydrogen (secondary N) is 1. The van der Waals surface area contributed by atoms with Crippen LogP contribution in [0.4, 0.5) is 5.95 Å². The van der Waals surface area contributed by atoms with Crippen molar-refractivity contribution in [2.45, 2.75) is 0 Å². The maximum absolute atomic E-state index is 5.21. The molecule has 0 radical (unpaired) electrons. The van der Waals surface area contributed by atoms with Gasteiger partial charge in [-0.1, -0.05) is 0 Å². The molecule has 1 aliphatic rings. The lowest BCUT2D eigenvalue weighted by atomic mass is 10.3. The summed E-state index contributed by atoms with van der Waals surface area (Å²) in [6, 6.07) is 0. The second kappa shape index (κ2) is 8.57. The molecule has 9 heteroatoms. The minimum absolute atomic E-state index is 0. The topological polar surface area (TPSA) is 65.9 Å². The van der Waals surface area contributed by atoms with Crippen molar-refractivity contribution in [1.29, 1.82) is 0 Å². The third-order valence-corrected chi connectivity index (χ3v) is 3.73. The molecule has 21 heavy (non-hydrogen) atoms. The van der Waals surface area contributed by atoms with Gasteiger partial charge in [-0.05, 0) is 15.9 Å². The van der Waals surface area contributed by atoms with Crippen molar-refractivity contribution in [3.63, 3.8) is 0 Å². The van der Waals surface area contributed by atoms with Crippen LogP contribution < -0.4 is 15.0 Å². The first-order chi connectivity index (χ1) is 9.69. The van der Waals surface area contributed by atoms with Crippen LogP contribution in [0.2, 0.25) is 0 Å². The third-order valence-electron chi connectivity index (χ3n) is 3.19. The van der Waals surface area contributed by atoms with E-state index in [9.17, 15) is 0 Å². The summed E-state index contributed by atoms with van der Waals surface area (Å²) in [4.78, 5) is 17.3. The fourth-order valence-electron chi connectivity index (χ4n) is 2.17. The average molecular weight is 471 g/mol. The SMILES string of the molecule is CN=C(NC)N1CCN(c2ncc(Br)c(OC)n2)CC1.I. The van der Waals surface area contributed by atoms with Gasteiger partial charge in [0.1, 0.15) is 0 Å². The highest BCUT2D eigenvalue weighted by Crippen LogP contribution is 2.23. The normalized spacial score (nSPS) is 15.5. The van der Waals surface area contributed by atoms with Crippen molar-refractivity contribution in [2.24, 2.45) is 4.99 Å². The number of piperazine rings is 1. The molecule has 1 saturated heterocycles. The zero-order chi connectivity index (χ0) is 14.5. The van der Waals surface area contributed by atoms with Gasteiger partial charge < -0.3 is 19.9 Å². The van der Waals surface area contributed by atoms with Gasteiger partial charge in [0.15, 0.2) is 5.96 Å². The number of guanidine groups is 1. The Labute approximate surface area is 150 Å². The smallest absolute Gasteiger partial charge is 0.232 e. The molecule has 1 aromatic rings. The van der Waals surface area contributed by atoms with Crippen molar-refractivity contribution >= 4 is 51.8 Å². The Morgan fingerprint density at radius 1 is 1.38 bits per heavy atom. The summed E-state index contributed by atoms with van der Waals surface area (Å²) in [6.07, 6.45) is 1.72. The van der Waals surface area contributed by atoms with Crippen LogP contribution in [0.25, 0.3) is 0 Å². The summed E-state index contributed by atoms with van der Waals surface area (Å²) in [5.41, 5.74) is 0. The van der Waals surface area contributed by atoms with Crippen LogP contribution in [-0.4, -0.2) is 68.2 Å². The van der Waals surface area contributed by atoms with Gasteiger partial charge in [-0.15, -0.1) is 24.0 Å². The zero-order valence-electron chi connectivity index (χ0n) is 12.3. The van der Waals surface area contributed by atoms with Gasteiger partial charge in [0, 0.05) is 40.3 Å². The Morgan fingerprint density at radius 2 is 2.05 bits per heavy atom. The number of anilines is 1. The minimum Gasteiger partial charge on any atom is -0.480 e. The molecule has 0 aliphatic carbocycles. The number of hydrogen-bond acceptors (Lipinski definition) is 5. The highest BCUT2D eigenvalue weighted by molar-refractivity contribution is 14.0. The summed E-state index contributed by atoms with van der Waals surface area (Å²) in [5, 5.41) is 3.10. The van der Waals surface area contributed by atoms with Crippen LogP contribution >= 0.6 is 39.9 Å². The average Bonchev–Trinajstić information content (AvgIpc) is 2.50. The van der Waals surface area contributed by atoms with E-state index in [0.29, 0.717) is 11.8 Å². The van der Waals surface area contributed by atoms with Crippen molar-refractivity contribution in [1.82, 2.24) is 20.2 Å². The molecular formula is C12H20BrIN6O. The molecule has 0 unspecified atom stereocenters. The lowest BCUT2D eigenvalue weighted by molar-refractivity contribution is 0.368. The maximum Gasteiger partial charge on any atom is 0.232 e. The Kier molecular flexibility index (Phi) is 7.43. The van der Waals surface area contributed by atoms with Gasteiger partial charge in [0.25, 0.3) is 0 Å². The Balaban J connectivity index is 0.00000220. The number of ether oxygens (including phenoxy) is 1. The van der Waals surface area contributed by atoms with Crippen LogP contribution in [0, 0.1) is 0 Å². The second-order valence-electron chi connectivity index (χ2n) is 4.30. The van der Waals surface area contributed by atoms with Crippen molar-refractivity contribution in [3.05, 3.63) is 10.7 Å². The van der Waals surface area contributed by atoms with Gasteiger partial charge in [-0.3, -0.25) is 4.99 Å².